The van der Waals surface area contributed by atoms with Crippen LogP contribution in [0.2, 0.25) is 0 Å². The maximum absolute atomic E-state index is 12.1. The fraction of sp³-hybridized carbons (Fsp3) is 0.250. The molecule has 0 amide bonds. The van der Waals surface area contributed by atoms with Crippen LogP contribution in [0.3, 0.4) is 0 Å². The first-order valence-corrected chi connectivity index (χ1v) is 4.44. The lowest BCUT2D eigenvalue weighted by Gasteiger charge is -2.05. The Hall–Kier alpha value is -0.260. The van der Waals surface area contributed by atoms with Crippen molar-refractivity contribution in [3.8, 4) is 0 Å². The van der Waals surface area contributed by atoms with E-state index in [4.69, 9.17) is 0 Å². The molecule has 0 aromatic heterocycles. The van der Waals surface area contributed by atoms with Crippen LogP contribution < -0.4 is 0 Å². The quantitative estimate of drug-likeness (QED) is 0.532. The maximum Gasteiger partial charge on any atom is 0.416 e. The molecule has 0 atom stereocenters. The van der Waals surface area contributed by atoms with Crippen molar-refractivity contribution in [3.05, 3.63) is 34.0 Å². The Balaban J connectivity index is 4.67. The molecule has 0 fully saturated rings. The van der Waals surface area contributed by atoms with E-state index >= 15 is 0 Å². The highest BCUT2D eigenvalue weighted by Crippen LogP contribution is 2.26. The summed E-state index contributed by atoms with van der Waals surface area (Å²) in [6.45, 7) is 1.66. The SMILES string of the molecule is C/C=C/C=C(\C=C/I)C(F)(F)F. The molecule has 0 heterocycles. The number of rotatable bonds is 2. The van der Waals surface area contributed by atoms with Crippen molar-refractivity contribution in [1.82, 2.24) is 0 Å². The fourth-order valence-electron chi connectivity index (χ4n) is 0.512. The number of hydrogen-bond donors (Lipinski definition) is 0. The van der Waals surface area contributed by atoms with Crippen molar-refractivity contribution >= 4 is 22.6 Å². The third-order valence-electron chi connectivity index (χ3n) is 1.04. The van der Waals surface area contributed by atoms with E-state index in [1.807, 2.05) is 0 Å². The van der Waals surface area contributed by atoms with Crippen LogP contribution in [0.5, 0.6) is 0 Å². The molecule has 0 aliphatic heterocycles. The smallest absolute Gasteiger partial charge is 0.166 e. The van der Waals surface area contributed by atoms with Crippen LogP contribution in [0.4, 0.5) is 13.2 Å². The second-order valence-electron chi connectivity index (χ2n) is 1.94. The second-order valence-corrected chi connectivity index (χ2v) is 2.66. The Labute approximate surface area is 83.0 Å². The molecule has 0 aliphatic carbocycles. The molecule has 4 heteroatoms. The Kier molecular flexibility index (Phi) is 5.28. The molecule has 0 saturated carbocycles. The summed E-state index contributed by atoms with van der Waals surface area (Å²) in [7, 11) is 0. The van der Waals surface area contributed by atoms with Gasteiger partial charge in [0.25, 0.3) is 0 Å². The van der Waals surface area contributed by atoms with Crippen molar-refractivity contribution in [1.29, 1.82) is 0 Å². The predicted octanol–water partition coefficient (Wildman–Crippen LogP) is 4.00. The van der Waals surface area contributed by atoms with E-state index in [0.717, 1.165) is 12.2 Å². The molecule has 0 spiro atoms. The van der Waals surface area contributed by atoms with E-state index in [0.29, 0.717) is 0 Å². The van der Waals surface area contributed by atoms with E-state index < -0.39 is 11.7 Å². The molecule has 12 heavy (non-hydrogen) atoms. The monoisotopic (exact) mass is 288 g/mol. The van der Waals surface area contributed by atoms with Crippen LogP contribution in [-0.2, 0) is 0 Å². The summed E-state index contributed by atoms with van der Waals surface area (Å²) in [5, 5.41) is 0. The molecular formula is C8H8F3I. The maximum atomic E-state index is 12.1. The van der Waals surface area contributed by atoms with Gasteiger partial charge in [-0.2, -0.15) is 13.2 Å². The first kappa shape index (κ1) is 11.7. The lowest BCUT2D eigenvalue weighted by atomic mass is 10.2. The summed E-state index contributed by atoms with van der Waals surface area (Å²) in [6.07, 6.45) is 0.711. The summed E-state index contributed by atoms with van der Waals surface area (Å²) < 4.78 is 37.6. The molecule has 0 aromatic carbocycles. The Morgan fingerprint density at radius 3 is 2.25 bits per heavy atom. The van der Waals surface area contributed by atoms with E-state index in [9.17, 15) is 13.2 Å². The Morgan fingerprint density at radius 2 is 1.92 bits per heavy atom. The van der Waals surface area contributed by atoms with Crippen LogP contribution in [0, 0.1) is 0 Å². The Bertz CT molecular complexity index is 211. The minimum Gasteiger partial charge on any atom is -0.166 e. The van der Waals surface area contributed by atoms with Gasteiger partial charge in [0.1, 0.15) is 0 Å². The van der Waals surface area contributed by atoms with Gasteiger partial charge in [0, 0.05) is 0 Å². The molecule has 0 unspecified atom stereocenters. The average Bonchev–Trinajstić information content (AvgIpc) is 1.95. The number of allylic oxidation sites excluding steroid dienone is 5. The second kappa shape index (κ2) is 5.40. The van der Waals surface area contributed by atoms with Gasteiger partial charge in [-0.3, -0.25) is 0 Å². The standard InChI is InChI=1S/C8H8F3I/c1-2-3-4-7(5-6-12)8(9,10)11/h2-6H,1H3/b3-2+,6-5-,7-4+. The molecule has 0 saturated heterocycles. The zero-order valence-electron chi connectivity index (χ0n) is 6.40. The first-order valence-electron chi connectivity index (χ1n) is 3.19. The van der Waals surface area contributed by atoms with Gasteiger partial charge in [-0.1, -0.05) is 40.8 Å². The van der Waals surface area contributed by atoms with Gasteiger partial charge >= 0.3 is 6.18 Å². The van der Waals surface area contributed by atoms with E-state index in [1.165, 1.54) is 10.2 Å². The summed E-state index contributed by atoms with van der Waals surface area (Å²) in [4.78, 5) is 0. The Morgan fingerprint density at radius 1 is 1.33 bits per heavy atom. The topological polar surface area (TPSA) is 0 Å². The fourth-order valence-corrected chi connectivity index (χ4v) is 0.900. The molecule has 0 rings (SSSR count). The summed E-state index contributed by atoms with van der Waals surface area (Å²) >= 11 is 1.75. The van der Waals surface area contributed by atoms with Crippen molar-refractivity contribution in [2.45, 2.75) is 13.1 Å². The molecule has 0 nitrogen and oxygen atoms in total. The molecular weight excluding hydrogens is 280 g/mol. The van der Waals surface area contributed by atoms with Gasteiger partial charge in [0.15, 0.2) is 0 Å². The van der Waals surface area contributed by atoms with Gasteiger partial charge < -0.3 is 0 Å². The lowest BCUT2D eigenvalue weighted by molar-refractivity contribution is -0.0881. The van der Waals surface area contributed by atoms with Crippen LogP contribution in [0.15, 0.2) is 34.0 Å². The van der Waals surface area contributed by atoms with Crippen molar-refractivity contribution in [3.63, 3.8) is 0 Å². The highest BCUT2D eigenvalue weighted by Gasteiger charge is 2.30. The first-order chi connectivity index (χ1) is 5.52. The van der Waals surface area contributed by atoms with Gasteiger partial charge in [0.05, 0.1) is 5.57 Å². The largest absolute Gasteiger partial charge is 0.416 e. The van der Waals surface area contributed by atoms with E-state index in [-0.39, 0.29) is 0 Å². The average molecular weight is 288 g/mol. The normalized spacial score (nSPS) is 14.9. The third-order valence-corrected chi connectivity index (χ3v) is 1.40. The number of alkyl halides is 3. The highest BCUT2D eigenvalue weighted by atomic mass is 127. The van der Waals surface area contributed by atoms with Crippen molar-refractivity contribution in [2.75, 3.05) is 0 Å². The number of hydrogen-bond acceptors (Lipinski definition) is 0. The summed E-state index contributed by atoms with van der Waals surface area (Å²) in [5.74, 6) is 0. The molecule has 0 bridgehead atoms. The lowest BCUT2D eigenvalue weighted by Crippen LogP contribution is -2.09. The van der Waals surface area contributed by atoms with E-state index in [1.54, 1.807) is 35.6 Å². The number of halogens is 4. The molecule has 0 N–H and O–H groups in total. The third kappa shape index (κ3) is 4.58. The molecule has 0 aliphatic rings. The van der Waals surface area contributed by atoms with Crippen LogP contribution >= 0.6 is 22.6 Å². The van der Waals surface area contributed by atoms with Crippen molar-refractivity contribution in [2.24, 2.45) is 0 Å². The van der Waals surface area contributed by atoms with Crippen LogP contribution in [0.1, 0.15) is 6.92 Å². The highest BCUT2D eigenvalue weighted by molar-refractivity contribution is 14.1. The summed E-state index contributed by atoms with van der Waals surface area (Å²) in [5.41, 5.74) is -0.644. The van der Waals surface area contributed by atoms with Crippen LogP contribution in [-0.4, -0.2) is 6.18 Å². The zero-order valence-corrected chi connectivity index (χ0v) is 8.56. The zero-order chi connectivity index (χ0) is 9.61. The van der Waals surface area contributed by atoms with E-state index in [2.05, 4.69) is 0 Å². The molecule has 68 valence electrons. The summed E-state index contributed by atoms with van der Waals surface area (Å²) in [6, 6.07) is 0. The van der Waals surface area contributed by atoms with Gasteiger partial charge in [-0.25, -0.2) is 0 Å². The van der Waals surface area contributed by atoms with Crippen molar-refractivity contribution < 1.29 is 13.2 Å². The van der Waals surface area contributed by atoms with Crippen LogP contribution in [0.25, 0.3) is 0 Å². The molecule has 0 aromatic rings. The van der Waals surface area contributed by atoms with Gasteiger partial charge in [-0.05, 0) is 17.1 Å². The molecule has 0 radical (unpaired) electrons. The minimum absolute atomic E-state index is 0.644. The predicted molar refractivity (Wildman–Crippen MR) is 52.1 cm³/mol. The minimum atomic E-state index is -4.26. The van der Waals surface area contributed by atoms with Gasteiger partial charge in [0.2, 0.25) is 0 Å². The van der Waals surface area contributed by atoms with Gasteiger partial charge in [-0.15, -0.1) is 0 Å².